The number of carbonyl (C=O) groups is 3. The van der Waals surface area contributed by atoms with E-state index in [1.807, 2.05) is 20.8 Å². The Morgan fingerprint density at radius 3 is 2.48 bits per heavy atom. The van der Waals surface area contributed by atoms with Crippen LogP contribution in [0.25, 0.3) is 0 Å². The highest BCUT2D eigenvalue weighted by Crippen LogP contribution is 2.65. The quantitative estimate of drug-likeness (QED) is 0.754. The zero-order valence-electron chi connectivity index (χ0n) is 16.9. The van der Waals surface area contributed by atoms with Gasteiger partial charge < -0.3 is 20.1 Å². The van der Waals surface area contributed by atoms with Gasteiger partial charge >= 0.3 is 5.97 Å². The van der Waals surface area contributed by atoms with E-state index in [0.29, 0.717) is 26.2 Å². The summed E-state index contributed by atoms with van der Waals surface area (Å²) in [5, 5.41) is 12.6. The predicted molar refractivity (Wildman–Crippen MR) is 98.8 cm³/mol. The summed E-state index contributed by atoms with van der Waals surface area (Å²) in [5.41, 5.74) is -0.549. The van der Waals surface area contributed by atoms with E-state index in [2.05, 4.69) is 19.2 Å². The van der Waals surface area contributed by atoms with E-state index in [1.54, 1.807) is 0 Å². The van der Waals surface area contributed by atoms with E-state index in [-0.39, 0.29) is 35.0 Å². The van der Waals surface area contributed by atoms with Gasteiger partial charge in [-0.15, -0.1) is 0 Å². The van der Waals surface area contributed by atoms with Gasteiger partial charge in [0.2, 0.25) is 11.8 Å². The van der Waals surface area contributed by atoms with Crippen molar-refractivity contribution in [1.29, 1.82) is 0 Å². The van der Waals surface area contributed by atoms with E-state index in [9.17, 15) is 19.5 Å². The minimum atomic E-state index is -0.955. The number of nitrogens with one attached hydrogen (secondary N) is 1. The third-order valence-electron chi connectivity index (χ3n) is 6.66. The summed E-state index contributed by atoms with van der Waals surface area (Å²) >= 11 is 0. The van der Waals surface area contributed by atoms with E-state index >= 15 is 0 Å². The zero-order valence-corrected chi connectivity index (χ0v) is 16.9. The van der Waals surface area contributed by atoms with Gasteiger partial charge in [0.25, 0.3) is 0 Å². The van der Waals surface area contributed by atoms with Gasteiger partial charge in [0.15, 0.2) is 0 Å². The number of hydrogen-bond acceptors (Lipinski definition) is 4. The second-order valence-electron chi connectivity index (χ2n) is 10.0. The minimum Gasteiger partial charge on any atom is -0.480 e. The van der Waals surface area contributed by atoms with Crippen molar-refractivity contribution >= 4 is 17.8 Å². The first-order valence-electron chi connectivity index (χ1n) is 9.85. The first-order valence-corrected chi connectivity index (χ1v) is 9.85. The molecule has 0 aromatic carbocycles. The van der Waals surface area contributed by atoms with E-state index in [4.69, 9.17) is 4.74 Å². The number of carboxylic acid groups (broad SMARTS) is 1. The van der Waals surface area contributed by atoms with Crippen LogP contribution in [0.3, 0.4) is 0 Å². The van der Waals surface area contributed by atoms with Crippen molar-refractivity contribution in [1.82, 2.24) is 10.2 Å². The van der Waals surface area contributed by atoms with Crippen LogP contribution in [-0.4, -0.2) is 59.6 Å². The molecule has 0 radical (unpaired) electrons. The summed E-state index contributed by atoms with van der Waals surface area (Å²) in [6.45, 7) is 11.5. The van der Waals surface area contributed by atoms with Crippen molar-refractivity contribution in [2.24, 2.45) is 28.6 Å². The normalized spacial score (nSPS) is 32.7. The lowest BCUT2D eigenvalue weighted by Gasteiger charge is -2.37. The molecule has 3 rings (SSSR count). The number of aliphatic carboxylic acids is 1. The van der Waals surface area contributed by atoms with Crippen molar-refractivity contribution in [3.8, 4) is 0 Å². The number of hydrogen-bond donors (Lipinski definition) is 2. The summed E-state index contributed by atoms with van der Waals surface area (Å²) in [5.74, 6) is -1.01. The molecule has 0 bridgehead atoms. The first kappa shape index (κ1) is 20.1. The van der Waals surface area contributed by atoms with Gasteiger partial charge in [0, 0.05) is 32.1 Å². The summed E-state index contributed by atoms with van der Waals surface area (Å²) < 4.78 is 5.32. The molecule has 152 valence electrons. The van der Waals surface area contributed by atoms with Crippen LogP contribution >= 0.6 is 0 Å². The third kappa shape index (κ3) is 3.71. The highest BCUT2D eigenvalue weighted by atomic mass is 16.5. The average molecular weight is 380 g/mol. The molecular formula is C20H32N2O5. The number of nitrogens with zero attached hydrogens (tertiary/aromatic N) is 1. The van der Waals surface area contributed by atoms with Crippen LogP contribution in [0.1, 0.15) is 47.5 Å². The molecule has 1 aliphatic carbocycles. The molecule has 7 heteroatoms. The largest absolute Gasteiger partial charge is 0.480 e. The highest BCUT2D eigenvalue weighted by molar-refractivity contribution is 5.92. The lowest BCUT2D eigenvalue weighted by atomic mass is 9.85. The molecule has 2 saturated heterocycles. The Labute approximate surface area is 160 Å². The fraction of sp³-hybridized carbons (Fsp3) is 0.850. The molecule has 2 amide bonds. The van der Waals surface area contributed by atoms with Crippen molar-refractivity contribution < 1.29 is 24.2 Å². The Bertz CT molecular complexity index is 633. The first-order chi connectivity index (χ1) is 12.4. The molecule has 2 N–H and O–H groups in total. The lowest BCUT2D eigenvalue weighted by Crippen LogP contribution is -2.58. The molecule has 1 saturated carbocycles. The maximum Gasteiger partial charge on any atom is 0.326 e. The molecule has 0 aromatic rings. The summed E-state index contributed by atoms with van der Waals surface area (Å²) in [7, 11) is 0. The van der Waals surface area contributed by atoms with Crippen molar-refractivity contribution in [3.63, 3.8) is 0 Å². The molecule has 5 atom stereocenters. The van der Waals surface area contributed by atoms with Gasteiger partial charge in [0.1, 0.15) is 12.1 Å². The van der Waals surface area contributed by atoms with Gasteiger partial charge in [-0.3, -0.25) is 9.59 Å². The van der Waals surface area contributed by atoms with Gasteiger partial charge in [-0.05, 0) is 29.1 Å². The Morgan fingerprint density at radius 2 is 1.96 bits per heavy atom. The Kier molecular flexibility index (Phi) is 5.04. The van der Waals surface area contributed by atoms with Crippen LogP contribution < -0.4 is 5.32 Å². The Morgan fingerprint density at radius 1 is 1.30 bits per heavy atom. The summed E-state index contributed by atoms with van der Waals surface area (Å²) in [4.78, 5) is 39.1. The molecule has 27 heavy (non-hydrogen) atoms. The number of fused-ring (bicyclic) bond motifs is 1. The molecule has 3 fully saturated rings. The van der Waals surface area contributed by atoms with Crippen LogP contribution in [0.4, 0.5) is 0 Å². The number of carbonyl (C=O) groups excluding carboxylic acids is 2. The lowest BCUT2D eigenvalue weighted by molar-refractivity contribution is -0.152. The number of likely N-dealkylation sites (tertiary alicyclic amines) is 1. The molecule has 7 nitrogen and oxygen atoms in total. The number of carboxylic acids is 1. The Hall–Kier alpha value is -1.63. The molecule has 0 aromatic heterocycles. The zero-order chi connectivity index (χ0) is 20.1. The molecule has 0 spiro atoms. The third-order valence-corrected chi connectivity index (χ3v) is 6.66. The van der Waals surface area contributed by atoms with Gasteiger partial charge in [-0.2, -0.15) is 0 Å². The number of piperidine rings is 1. The van der Waals surface area contributed by atoms with E-state index < -0.39 is 23.5 Å². The number of ether oxygens (including phenoxy) is 1. The smallest absolute Gasteiger partial charge is 0.326 e. The SMILES string of the molecule is CC(C)(C)[C@H](NC(=O)CC1CCOC1)C(=O)N1C[C@H]2[C@@H]([C@H]1C(=O)O)C2(C)C. The molecule has 2 aliphatic heterocycles. The second-order valence-corrected chi connectivity index (χ2v) is 10.0. The molecule has 2 heterocycles. The van der Waals surface area contributed by atoms with Crippen molar-refractivity contribution in [3.05, 3.63) is 0 Å². The topological polar surface area (TPSA) is 95.9 Å². The van der Waals surface area contributed by atoms with Crippen molar-refractivity contribution in [2.75, 3.05) is 19.8 Å². The molecular weight excluding hydrogens is 348 g/mol. The Balaban J connectivity index is 1.72. The molecule has 3 aliphatic rings. The monoisotopic (exact) mass is 380 g/mol. The van der Waals surface area contributed by atoms with Crippen LogP contribution in [0.15, 0.2) is 0 Å². The van der Waals surface area contributed by atoms with Gasteiger partial charge in [-0.1, -0.05) is 34.6 Å². The standard InChI is InChI=1S/C20H32N2O5/c1-19(2,3)16(21-13(23)8-11-6-7-27-10-11)17(24)22-9-12-14(20(12,4)5)15(22)18(25)26/h11-12,14-16H,6-10H2,1-5H3,(H,21,23)(H,25,26)/t11?,12-,14-,15-,16+/m0/s1. The maximum atomic E-state index is 13.3. The van der Waals surface area contributed by atoms with Gasteiger partial charge in [-0.25, -0.2) is 4.79 Å². The highest BCUT2D eigenvalue weighted by Gasteiger charge is 2.70. The predicted octanol–water partition coefficient (Wildman–Crippen LogP) is 1.51. The van der Waals surface area contributed by atoms with Gasteiger partial charge in [0.05, 0.1) is 0 Å². The molecule has 1 unspecified atom stereocenters. The maximum absolute atomic E-state index is 13.3. The fourth-order valence-electron chi connectivity index (χ4n) is 4.84. The average Bonchev–Trinajstić information content (AvgIpc) is 2.99. The van der Waals surface area contributed by atoms with Crippen LogP contribution in [0.2, 0.25) is 0 Å². The van der Waals surface area contributed by atoms with Crippen LogP contribution in [0, 0.1) is 28.6 Å². The fourth-order valence-corrected chi connectivity index (χ4v) is 4.84. The van der Waals surface area contributed by atoms with E-state index in [1.165, 1.54) is 4.90 Å². The second kappa shape index (κ2) is 6.76. The number of rotatable bonds is 5. The van der Waals surface area contributed by atoms with Crippen LogP contribution in [0.5, 0.6) is 0 Å². The van der Waals surface area contributed by atoms with Crippen molar-refractivity contribution in [2.45, 2.75) is 59.5 Å². The van der Waals surface area contributed by atoms with Crippen LogP contribution in [-0.2, 0) is 19.1 Å². The minimum absolute atomic E-state index is 0.00842. The van der Waals surface area contributed by atoms with E-state index in [0.717, 1.165) is 6.42 Å². The number of amides is 2. The summed E-state index contributed by atoms with van der Waals surface area (Å²) in [6, 6.07) is -1.54. The summed E-state index contributed by atoms with van der Waals surface area (Å²) in [6.07, 6.45) is 1.19.